The van der Waals surface area contributed by atoms with Gasteiger partial charge in [0.15, 0.2) is 0 Å². The third-order valence-corrected chi connectivity index (χ3v) is 5.42. The van der Waals surface area contributed by atoms with Crippen molar-refractivity contribution in [2.45, 2.75) is 18.9 Å². The standard InChI is InChI=1S/C15H17NO2S/c17-19(18)10-8-13(9-11-19)16-15-7-3-5-12-4-1-2-6-14(12)15/h1-7,13,16H,8-11H2. The summed E-state index contributed by atoms with van der Waals surface area (Å²) in [6.07, 6.45) is 1.40. The second-order valence-electron chi connectivity index (χ2n) is 5.10. The summed E-state index contributed by atoms with van der Waals surface area (Å²) in [5, 5.41) is 5.89. The van der Waals surface area contributed by atoms with Gasteiger partial charge in [-0.05, 0) is 24.3 Å². The topological polar surface area (TPSA) is 46.2 Å². The predicted molar refractivity (Wildman–Crippen MR) is 79.2 cm³/mol. The van der Waals surface area contributed by atoms with E-state index in [4.69, 9.17) is 0 Å². The minimum Gasteiger partial charge on any atom is -0.382 e. The average Bonchev–Trinajstić information content (AvgIpc) is 2.42. The molecule has 0 bridgehead atoms. The van der Waals surface area contributed by atoms with Gasteiger partial charge in [0, 0.05) is 17.1 Å². The van der Waals surface area contributed by atoms with E-state index in [0.717, 1.165) is 5.69 Å². The predicted octanol–water partition coefficient (Wildman–Crippen LogP) is 2.83. The van der Waals surface area contributed by atoms with Crippen LogP contribution in [0.2, 0.25) is 0 Å². The molecule has 0 amide bonds. The molecule has 0 spiro atoms. The number of fused-ring (bicyclic) bond motifs is 1. The highest BCUT2D eigenvalue weighted by Crippen LogP contribution is 2.25. The highest BCUT2D eigenvalue weighted by Gasteiger charge is 2.23. The Balaban J connectivity index is 1.83. The molecule has 100 valence electrons. The van der Waals surface area contributed by atoms with E-state index < -0.39 is 9.84 Å². The summed E-state index contributed by atoms with van der Waals surface area (Å²) >= 11 is 0. The number of hydrogen-bond acceptors (Lipinski definition) is 3. The van der Waals surface area contributed by atoms with E-state index in [2.05, 4.69) is 29.6 Å². The first-order valence-corrected chi connectivity index (χ1v) is 8.41. The maximum atomic E-state index is 11.4. The minimum atomic E-state index is -2.79. The summed E-state index contributed by atoms with van der Waals surface area (Å²) in [4.78, 5) is 0. The van der Waals surface area contributed by atoms with Crippen LogP contribution in [0.5, 0.6) is 0 Å². The molecule has 0 saturated carbocycles. The Morgan fingerprint density at radius 2 is 1.63 bits per heavy atom. The van der Waals surface area contributed by atoms with Crippen molar-refractivity contribution in [3.63, 3.8) is 0 Å². The monoisotopic (exact) mass is 275 g/mol. The fraction of sp³-hybridized carbons (Fsp3) is 0.333. The first kappa shape index (κ1) is 12.5. The quantitative estimate of drug-likeness (QED) is 0.916. The third-order valence-electron chi connectivity index (χ3n) is 3.70. The van der Waals surface area contributed by atoms with Crippen molar-refractivity contribution in [1.82, 2.24) is 0 Å². The van der Waals surface area contributed by atoms with E-state index in [1.165, 1.54) is 10.8 Å². The number of hydrogen-bond donors (Lipinski definition) is 1. The smallest absolute Gasteiger partial charge is 0.150 e. The van der Waals surface area contributed by atoms with Gasteiger partial charge in [-0.1, -0.05) is 36.4 Å². The Bertz CT molecular complexity index is 675. The van der Waals surface area contributed by atoms with Crippen molar-refractivity contribution in [2.75, 3.05) is 16.8 Å². The van der Waals surface area contributed by atoms with Gasteiger partial charge < -0.3 is 5.32 Å². The Kier molecular flexibility index (Phi) is 3.19. The van der Waals surface area contributed by atoms with Crippen LogP contribution in [0, 0.1) is 0 Å². The number of sulfone groups is 1. The van der Waals surface area contributed by atoms with Gasteiger partial charge in [0.25, 0.3) is 0 Å². The van der Waals surface area contributed by atoms with Crippen molar-refractivity contribution >= 4 is 26.3 Å². The first-order chi connectivity index (χ1) is 9.14. The summed E-state index contributed by atoms with van der Waals surface area (Å²) < 4.78 is 22.9. The lowest BCUT2D eigenvalue weighted by atomic mass is 10.1. The molecule has 2 aromatic rings. The molecule has 2 aromatic carbocycles. The van der Waals surface area contributed by atoms with Crippen LogP contribution in [-0.4, -0.2) is 26.0 Å². The van der Waals surface area contributed by atoms with E-state index in [9.17, 15) is 8.42 Å². The van der Waals surface area contributed by atoms with Crippen LogP contribution in [-0.2, 0) is 9.84 Å². The third kappa shape index (κ3) is 2.73. The van der Waals surface area contributed by atoms with Crippen molar-refractivity contribution in [1.29, 1.82) is 0 Å². The van der Waals surface area contributed by atoms with Gasteiger partial charge in [0.1, 0.15) is 9.84 Å². The molecule has 3 nitrogen and oxygen atoms in total. The summed E-state index contributed by atoms with van der Waals surface area (Å²) in [7, 11) is -2.79. The van der Waals surface area contributed by atoms with Crippen LogP contribution in [0.3, 0.4) is 0 Å². The maximum Gasteiger partial charge on any atom is 0.150 e. The normalized spacial score (nSPS) is 19.4. The molecule has 0 unspecified atom stereocenters. The molecule has 0 aliphatic carbocycles. The summed E-state index contributed by atoms with van der Waals surface area (Å²) in [5.41, 5.74) is 1.10. The first-order valence-electron chi connectivity index (χ1n) is 6.59. The van der Waals surface area contributed by atoms with Gasteiger partial charge in [0.2, 0.25) is 0 Å². The molecule has 0 aromatic heterocycles. The molecule has 19 heavy (non-hydrogen) atoms. The van der Waals surface area contributed by atoms with Crippen LogP contribution < -0.4 is 5.32 Å². The molecule has 0 radical (unpaired) electrons. The number of rotatable bonds is 2. The maximum absolute atomic E-state index is 11.4. The molecule has 1 heterocycles. The lowest BCUT2D eigenvalue weighted by Crippen LogP contribution is -2.32. The van der Waals surface area contributed by atoms with E-state index >= 15 is 0 Å². The molecule has 1 fully saturated rings. The van der Waals surface area contributed by atoms with Gasteiger partial charge in [-0.15, -0.1) is 0 Å². The zero-order chi connectivity index (χ0) is 13.3. The molecule has 1 N–H and O–H groups in total. The molecule has 1 aliphatic heterocycles. The van der Waals surface area contributed by atoms with Crippen molar-refractivity contribution in [3.8, 4) is 0 Å². The summed E-state index contributed by atoms with van der Waals surface area (Å²) in [5.74, 6) is 0.602. The molecule has 4 heteroatoms. The lowest BCUT2D eigenvalue weighted by molar-refractivity contribution is 0.560. The second kappa shape index (κ2) is 4.85. The Morgan fingerprint density at radius 3 is 2.42 bits per heavy atom. The molecule has 3 rings (SSSR count). The Hall–Kier alpha value is -1.55. The van der Waals surface area contributed by atoms with Crippen molar-refractivity contribution in [3.05, 3.63) is 42.5 Å². The highest BCUT2D eigenvalue weighted by molar-refractivity contribution is 7.91. The second-order valence-corrected chi connectivity index (χ2v) is 7.40. The minimum absolute atomic E-state index is 0.259. The lowest BCUT2D eigenvalue weighted by Gasteiger charge is -2.24. The zero-order valence-corrected chi connectivity index (χ0v) is 11.5. The molecule has 0 atom stereocenters. The van der Waals surface area contributed by atoms with Crippen LogP contribution in [0.4, 0.5) is 5.69 Å². The van der Waals surface area contributed by atoms with Crippen molar-refractivity contribution in [2.24, 2.45) is 0 Å². The van der Waals surface area contributed by atoms with Gasteiger partial charge in [-0.25, -0.2) is 8.42 Å². The van der Waals surface area contributed by atoms with Crippen LogP contribution in [0.25, 0.3) is 10.8 Å². The van der Waals surface area contributed by atoms with E-state index in [1.54, 1.807) is 0 Å². The SMILES string of the molecule is O=S1(=O)CCC(Nc2cccc3ccccc23)CC1. The largest absolute Gasteiger partial charge is 0.382 e. The van der Waals surface area contributed by atoms with Crippen LogP contribution in [0.15, 0.2) is 42.5 Å². The Morgan fingerprint density at radius 1 is 0.947 bits per heavy atom. The zero-order valence-electron chi connectivity index (χ0n) is 10.7. The summed E-state index contributed by atoms with van der Waals surface area (Å²) in [6, 6.07) is 14.7. The Labute approximate surface area is 113 Å². The number of anilines is 1. The van der Waals surface area contributed by atoms with Crippen molar-refractivity contribution < 1.29 is 8.42 Å². The molecular weight excluding hydrogens is 258 g/mol. The number of nitrogens with one attached hydrogen (secondary N) is 1. The molecule has 1 saturated heterocycles. The number of benzene rings is 2. The van der Waals surface area contributed by atoms with Gasteiger partial charge in [-0.2, -0.15) is 0 Å². The fourth-order valence-electron chi connectivity index (χ4n) is 2.61. The molecular formula is C15H17NO2S. The summed E-state index contributed by atoms with van der Waals surface area (Å²) in [6.45, 7) is 0. The fourth-order valence-corrected chi connectivity index (χ4v) is 4.10. The highest BCUT2D eigenvalue weighted by atomic mass is 32.2. The van der Waals surface area contributed by atoms with E-state index in [1.807, 2.05) is 18.2 Å². The van der Waals surface area contributed by atoms with Gasteiger partial charge in [-0.3, -0.25) is 0 Å². The molecule has 1 aliphatic rings. The van der Waals surface area contributed by atoms with E-state index in [0.29, 0.717) is 24.3 Å². The van der Waals surface area contributed by atoms with Gasteiger partial charge >= 0.3 is 0 Å². The van der Waals surface area contributed by atoms with Crippen LogP contribution >= 0.6 is 0 Å². The van der Waals surface area contributed by atoms with Crippen LogP contribution in [0.1, 0.15) is 12.8 Å². The average molecular weight is 275 g/mol. The van der Waals surface area contributed by atoms with E-state index in [-0.39, 0.29) is 6.04 Å². The van der Waals surface area contributed by atoms with Gasteiger partial charge in [0.05, 0.1) is 11.5 Å².